The Morgan fingerprint density at radius 2 is 1.67 bits per heavy atom. The molecule has 1 aliphatic heterocycles. The van der Waals surface area contributed by atoms with Crippen molar-refractivity contribution in [2.75, 3.05) is 44.7 Å². The number of ketones is 1. The van der Waals surface area contributed by atoms with Crippen LogP contribution in [0.2, 0.25) is 0 Å². The minimum atomic E-state index is -0.913. The summed E-state index contributed by atoms with van der Waals surface area (Å²) in [5, 5.41) is 9.28. The summed E-state index contributed by atoms with van der Waals surface area (Å²) in [7, 11) is 2.14. The standard InChI is InChI=1S/C35H42N6O4S/c1-40-20-22-41(23-21-40)34-38-28(24-46-34)25-13-15-26(16-14-25)31(43)39-35(17-7-3-8-18-35)33(44)36-19-9-2-4-11-29(42)32-37-27-10-5-6-12-30(27)45-32/h5-6,10,12-16,24H,2-4,7-9,11,17-23H2,1H3,(H,36,44)(H,39,43). The minimum absolute atomic E-state index is 0.112. The van der Waals surface area contributed by atoms with Gasteiger partial charge in [0.05, 0.1) is 5.69 Å². The van der Waals surface area contributed by atoms with Gasteiger partial charge < -0.3 is 24.9 Å². The summed E-state index contributed by atoms with van der Waals surface area (Å²) in [6.45, 7) is 4.50. The summed E-state index contributed by atoms with van der Waals surface area (Å²) in [5.41, 5.74) is 2.78. The van der Waals surface area contributed by atoms with Crippen LogP contribution < -0.4 is 15.5 Å². The van der Waals surface area contributed by atoms with Crippen molar-refractivity contribution in [3.05, 3.63) is 65.4 Å². The number of rotatable bonds is 12. The Hall–Kier alpha value is -4.09. The number of thiazole rings is 1. The van der Waals surface area contributed by atoms with E-state index in [1.54, 1.807) is 17.4 Å². The van der Waals surface area contributed by atoms with Gasteiger partial charge in [0.2, 0.25) is 11.7 Å². The number of oxazole rings is 1. The number of Topliss-reactive ketones (excluding diaryl/α,β-unsaturated/α-hetero) is 1. The first-order chi connectivity index (χ1) is 22.4. The molecule has 0 radical (unpaired) electrons. The molecule has 0 bridgehead atoms. The molecule has 2 aromatic carbocycles. The van der Waals surface area contributed by atoms with Gasteiger partial charge in [-0.1, -0.05) is 49.9 Å². The normalized spacial score (nSPS) is 16.8. The average Bonchev–Trinajstić information content (AvgIpc) is 3.75. The Bertz CT molecular complexity index is 1620. The molecule has 2 fully saturated rings. The van der Waals surface area contributed by atoms with Crippen molar-refractivity contribution in [1.29, 1.82) is 0 Å². The zero-order valence-electron chi connectivity index (χ0n) is 26.4. The van der Waals surface area contributed by atoms with Gasteiger partial charge in [0.25, 0.3) is 11.8 Å². The zero-order valence-corrected chi connectivity index (χ0v) is 27.2. The van der Waals surface area contributed by atoms with Gasteiger partial charge in [-0.3, -0.25) is 14.4 Å². The third kappa shape index (κ3) is 7.47. The number of likely N-dealkylation sites (N-methyl/N-ethyl adjacent to an activating group) is 1. The van der Waals surface area contributed by atoms with Crippen LogP contribution in [0.5, 0.6) is 0 Å². The van der Waals surface area contributed by atoms with E-state index in [-0.39, 0.29) is 23.5 Å². The number of carbonyl (C=O) groups is 3. The molecule has 1 saturated carbocycles. The van der Waals surface area contributed by atoms with E-state index in [1.807, 2.05) is 42.5 Å². The Balaban J connectivity index is 0.980. The van der Waals surface area contributed by atoms with Crippen LogP contribution in [0.15, 0.2) is 58.3 Å². The van der Waals surface area contributed by atoms with Crippen LogP contribution in [-0.2, 0) is 4.79 Å². The van der Waals surface area contributed by atoms with Crippen molar-refractivity contribution in [3.8, 4) is 11.3 Å². The number of carbonyl (C=O) groups excluding carboxylic acids is 3. The Labute approximate surface area is 273 Å². The molecule has 46 heavy (non-hydrogen) atoms. The second kappa shape index (κ2) is 14.6. The number of anilines is 1. The average molecular weight is 643 g/mol. The van der Waals surface area contributed by atoms with E-state index in [0.29, 0.717) is 48.9 Å². The molecule has 2 amide bonds. The number of hydrogen-bond donors (Lipinski definition) is 2. The van der Waals surface area contributed by atoms with Crippen LogP contribution >= 0.6 is 11.3 Å². The van der Waals surface area contributed by atoms with Gasteiger partial charge in [-0.15, -0.1) is 11.3 Å². The summed E-state index contributed by atoms with van der Waals surface area (Å²) in [6.07, 6.45) is 6.64. The fraction of sp³-hybridized carbons (Fsp3) is 0.457. The first-order valence-corrected chi connectivity index (χ1v) is 17.3. The van der Waals surface area contributed by atoms with Crippen molar-refractivity contribution in [3.63, 3.8) is 0 Å². The number of para-hydroxylation sites is 2. The lowest BCUT2D eigenvalue weighted by Crippen LogP contribution is -2.59. The largest absolute Gasteiger partial charge is 0.434 e. The second-order valence-electron chi connectivity index (χ2n) is 12.5. The van der Waals surface area contributed by atoms with Gasteiger partial charge in [-0.25, -0.2) is 9.97 Å². The maximum Gasteiger partial charge on any atom is 0.264 e. The van der Waals surface area contributed by atoms with Gasteiger partial charge in [-0.2, -0.15) is 0 Å². The summed E-state index contributed by atoms with van der Waals surface area (Å²) in [5.74, 6) is -0.326. The number of nitrogens with zero attached hydrogens (tertiary/aromatic N) is 4. The number of aromatic nitrogens is 2. The van der Waals surface area contributed by atoms with Crippen LogP contribution in [0.3, 0.4) is 0 Å². The monoisotopic (exact) mass is 642 g/mol. The summed E-state index contributed by atoms with van der Waals surface area (Å²) in [6, 6.07) is 14.8. The van der Waals surface area contributed by atoms with Crippen molar-refractivity contribution in [1.82, 2.24) is 25.5 Å². The Kier molecular flexibility index (Phi) is 10.1. The fourth-order valence-electron chi connectivity index (χ4n) is 6.24. The van der Waals surface area contributed by atoms with E-state index >= 15 is 0 Å². The lowest BCUT2D eigenvalue weighted by Gasteiger charge is -2.36. The molecule has 10 nitrogen and oxygen atoms in total. The first kappa shape index (κ1) is 31.9. The van der Waals surface area contributed by atoms with Crippen molar-refractivity contribution < 1.29 is 18.8 Å². The molecule has 4 aromatic rings. The maximum absolute atomic E-state index is 13.5. The van der Waals surface area contributed by atoms with E-state index < -0.39 is 5.54 Å². The van der Waals surface area contributed by atoms with Crippen molar-refractivity contribution in [2.45, 2.75) is 63.3 Å². The highest BCUT2D eigenvalue weighted by atomic mass is 32.1. The van der Waals surface area contributed by atoms with Gasteiger partial charge in [0.1, 0.15) is 11.1 Å². The van der Waals surface area contributed by atoms with Gasteiger partial charge in [-0.05, 0) is 57.0 Å². The molecule has 1 aliphatic carbocycles. The smallest absolute Gasteiger partial charge is 0.264 e. The number of benzene rings is 2. The SMILES string of the molecule is CN1CCN(c2nc(-c3ccc(C(=O)NC4(C(=O)NCCCCCC(=O)c5nc6ccccc6o5)CCCCC4)cc3)cs2)CC1. The molecule has 0 unspecified atom stereocenters. The number of piperazine rings is 1. The lowest BCUT2D eigenvalue weighted by atomic mass is 9.80. The molecule has 3 heterocycles. The van der Waals surface area contributed by atoms with E-state index in [2.05, 4.69) is 37.8 Å². The lowest BCUT2D eigenvalue weighted by molar-refractivity contribution is -0.128. The Morgan fingerprint density at radius 3 is 2.43 bits per heavy atom. The highest BCUT2D eigenvalue weighted by Crippen LogP contribution is 2.31. The molecule has 0 spiro atoms. The molecule has 1 saturated heterocycles. The molecule has 11 heteroatoms. The number of unbranched alkanes of at least 4 members (excludes halogenated alkanes) is 2. The quantitative estimate of drug-likeness (QED) is 0.149. The summed E-state index contributed by atoms with van der Waals surface area (Å²) in [4.78, 5) is 53.2. The number of fused-ring (bicyclic) bond motifs is 1. The maximum atomic E-state index is 13.5. The summed E-state index contributed by atoms with van der Waals surface area (Å²) < 4.78 is 5.57. The molecule has 0 atom stereocenters. The predicted octanol–water partition coefficient (Wildman–Crippen LogP) is 5.70. The number of hydrogen-bond acceptors (Lipinski definition) is 9. The Morgan fingerprint density at radius 1 is 0.913 bits per heavy atom. The van der Waals surface area contributed by atoms with Crippen LogP contribution in [-0.4, -0.2) is 77.8 Å². The van der Waals surface area contributed by atoms with Crippen molar-refractivity contribution >= 4 is 45.2 Å². The third-order valence-electron chi connectivity index (χ3n) is 9.10. The van der Waals surface area contributed by atoms with Crippen LogP contribution in [0, 0.1) is 0 Å². The minimum Gasteiger partial charge on any atom is -0.434 e. The molecule has 2 aromatic heterocycles. The first-order valence-electron chi connectivity index (χ1n) is 16.4. The predicted molar refractivity (Wildman–Crippen MR) is 180 cm³/mol. The molecular weight excluding hydrogens is 600 g/mol. The van der Waals surface area contributed by atoms with Gasteiger partial charge in [0, 0.05) is 55.7 Å². The number of amides is 2. The topological polar surface area (TPSA) is 121 Å². The van der Waals surface area contributed by atoms with Crippen LogP contribution in [0.25, 0.3) is 22.4 Å². The van der Waals surface area contributed by atoms with Crippen LogP contribution in [0.1, 0.15) is 78.8 Å². The molecule has 2 aliphatic rings. The molecule has 242 valence electrons. The van der Waals surface area contributed by atoms with Gasteiger partial charge in [0.15, 0.2) is 10.7 Å². The molecule has 6 rings (SSSR count). The number of nitrogens with one attached hydrogen (secondary N) is 2. The molecular formula is C35H42N6O4S. The van der Waals surface area contributed by atoms with Gasteiger partial charge >= 0.3 is 0 Å². The van der Waals surface area contributed by atoms with Crippen molar-refractivity contribution in [2.24, 2.45) is 0 Å². The van der Waals surface area contributed by atoms with E-state index in [1.165, 1.54) is 0 Å². The zero-order chi connectivity index (χ0) is 31.9. The van der Waals surface area contributed by atoms with E-state index in [0.717, 1.165) is 74.7 Å². The fourth-order valence-corrected chi connectivity index (χ4v) is 7.13. The highest BCUT2D eigenvalue weighted by molar-refractivity contribution is 7.14. The summed E-state index contributed by atoms with van der Waals surface area (Å²) >= 11 is 1.65. The van der Waals surface area contributed by atoms with E-state index in [4.69, 9.17) is 9.40 Å². The third-order valence-corrected chi connectivity index (χ3v) is 10.0. The van der Waals surface area contributed by atoms with E-state index in [9.17, 15) is 14.4 Å². The molecule has 2 N–H and O–H groups in total. The van der Waals surface area contributed by atoms with Crippen LogP contribution in [0.4, 0.5) is 5.13 Å². The highest BCUT2D eigenvalue weighted by Gasteiger charge is 2.40. The second-order valence-corrected chi connectivity index (χ2v) is 13.3.